The van der Waals surface area contributed by atoms with Crippen LogP contribution in [0.15, 0.2) is 151 Å². The van der Waals surface area contributed by atoms with E-state index in [-0.39, 0.29) is 0 Å². The van der Waals surface area contributed by atoms with Gasteiger partial charge in [0.25, 0.3) is 0 Å². The third-order valence-corrected chi connectivity index (χ3v) is 16.7. The highest BCUT2D eigenvalue weighted by molar-refractivity contribution is 8.01. The molecular weight excluding hydrogens is 751 g/mol. The van der Waals surface area contributed by atoms with Crippen LogP contribution in [0.25, 0.3) is 80.9 Å². The number of rotatable bonds is 4. The first-order chi connectivity index (χ1) is 29.2. The largest absolute Gasteiger partial charge is 0.355 e. The number of hydrogen-bond acceptors (Lipinski definition) is 2. The van der Waals surface area contributed by atoms with E-state index in [2.05, 4.69) is 162 Å². The summed E-state index contributed by atoms with van der Waals surface area (Å²) in [6.07, 6.45) is 17.2. The first kappa shape index (κ1) is 34.3. The number of hydrogen-bond donors (Lipinski definition) is 1. The van der Waals surface area contributed by atoms with E-state index in [0.717, 1.165) is 0 Å². The van der Waals surface area contributed by atoms with E-state index in [1.54, 1.807) is 22.3 Å². The molecule has 3 heteroatoms. The summed E-state index contributed by atoms with van der Waals surface area (Å²) in [6, 6.07) is 49.4. The van der Waals surface area contributed by atoms with Crippen molar-refractivity contribution >= 4 is 70.6 Å². The van der Waals surface area contributed by atoms with E-state index in [4.69, 9.17) is 0 Å². The van der Waals surface area contributed by atoms with Crippen molar-refractivity contribution in [2.24, 2.45) is 0 Å². The molecule has 13 rings (SSSR count). The maximum atomic E-state index is 3.76. The molecule has 1 N–H and O–H groups in total. The minimum atomic E-state index is 0.385. The molecule has 2 atom stereocenters. The molecule has 2 unspecified atom stereocenters. The Morgan fingerprint density at radius 3 is 1.69 bits per heavy atom. The van der Waals surface area contributed by atoms with Crippen molar-refractivity contribution in [3.8, 4) is 33.4 Å². The van der Waals surface area contributed by atoms with Crippen molar-refractivity contribution in [3.05, 3.63) is 179 Å². The average molecular weight is 794 g/mol. The van der Waals surface area contributed by atoms with Gasteiger partial charge < -0.3 is 4.98 Å². The number of fused-ring (bicyclic) bond motifs is 11. The van der Waals surface area contributed by atoms with Crippen LogP contribution in [0.5, 0.6) is 0 Å². The standard InChI is InChI=1S/C56H43NS2/c1-3-11-35-29-37(23-21-33(35)9-1)41-13-5-17-45-47-19-7-15-43(55(47)58-53(41)45)39-25-27-51-49(31-39)50-32-40(26-28-52(50)57-51)44-16-8-20-48-46-18-6-14-42(54(46)59-56(44)48)38-24-22-34-10-2-4-12-36(34)30-38/h5-8,13-32,45,53,57H,1-4,9-12H2. The van der Waals surface area contributed by atoms with Gasteiger partial charge in [0.2, 0.25) is 0 Å². The number of thioether (sulfide) groups is 1. The van der Waals surface area contributed by atoms with Gasteiger partial charge in [-0.2, -0.15) is 0 Å². The Bertz CT molecular complexity index is 3280. The van der Waals surface area contributed by atoms with Gasteiger partial charge in [-0.05, 0) is 148 Å². The van der Waals surface area contributed by atoms with Crippen LogP contribution in [0.3, 0.4) is 0 Å². The van der Waals surface area contributed by atoms with Gasteiger partial charge in [0.1, 0.15) is 0 Å². The minimum Gasteiger partial charge on any atom is -0.355 e. The van der Waals surface area contributed by atoms with Crippen LogP contribution in [0.4, 0.5) is 0 Å². The molecule has 3 heterocycles. The Morgan fingerprint density at radius 2 is 1.02 bits per heavy atom. The Morgan fingerprint density at radius 1 is 0.475 bits per heavy atom. The summed E-state index contributed by atoms with van der Waals surface area (Å²) in [4.78, 5) is 5.19. The quantitative estimate of drug-likeness (QED) is 0.188. The molecule has 7 aromatic carbocycles. The first-order valence-corrected chi connectivity index (χ1v) is 23.3. The Labute approximate surface area is 353 Å². The van der Waals surface area contributed by atoms with E-state index in [1.807, 2.05) is 11.3 Å². The van der Waals surface area contributed by atoms with Gasteiger partial charge in [0.05, 0.1) is 0 Å². The second-order valence-electron chi connectivity index (χ2n) is 17.3. The average Bonchev–Trinajstić information content (AvgIpc) is 3.99. The van der Waals surface area contributed by atoms with Crippen LogP contribution in [0, 0.1) is 0 Å². The highest BCUT2D eigenvalue weighted by Crippen LogP contribution is 2.56. The minimum absolute atomic E-state index is 0.385. The van der Waals surface area contributed by atoms with Gasteiger partial charge in [0.15, 0.2) is 0 Å². The summed E-state index contributed by atoms with van der Waals surface area (Å²) in [5.74, 6) is 0.385. The zero-order chi connectivity index (χ0) is 38.6. The molecule has 0 saturated carbocycles. The summed E-state index contributed by atoms with van der Waals surface area (Å²) in [7, 11) is 0. The van der Waals surface area contributed by atoms with E-state index >= 15 is 0 Å². The summed E-state index contributed by atoms with van der Waals surface area (Å²) in [5.41, 5.74) is 20.8. The maximum absolute atomic E-state index is 3.76. The number of nitrogens with one attached hydrogen (secondary N) is 1. The Balaban J connectivity index is 0.881. The van der Waals surface area contributed by atoms with Crippen LogP contribution < -0.4 is 0 Å². The molecule has 284 valence electrons. The van der Waals surface area contributed by atoms with Crippen LogP contribution >= 0.6 is 23.1 Å². The number of aryl methyl sites for hydroxylation is 4. The fourth-order valence-electron chi connectivity index (χ4n) is 11.0. The lowest BCUT2D eigenvalue weighted by Crippen LogP contribution is -2.14. The van der Waals surface area contributed by atoms with Crippen LogP contribution in [0.2, 0.25) is 0 Å². The zero-order valence-electron chi connectivity index (χ0n) is 33.0. The van der Waals surface area contributed by atoms with Crippen molar-refractivity contribution in [3.63, 3.8) is 0 Å². The van der Waals surface area contributed by atoms with E-state index in [0.29, 0.717) is 11.2 Å². The predicted octanol–water partition coefficient (Wildman–Crippen LogP) is 15.7. The SMILES string of the molecule is C1=CC2c3cccc(-c4ccc5[nH]c6ccc(-c7cccc8c7sc7c(-c9ccc%10c(c9)CCCC%10)cccc78)cc6c5c4)c3SC2C(c2ccc3c(c2)CCCC3)=C1. The second kappa shape index (κ2) is 13.5. The van der Waals surface area contributed by atoms with Gasteiger partial charge in [-0.1, -0.05) is 121 Å². The molecule has 0 amide bonds. The van der Waals surface area contributed by atoms with Gasteiger partial charge in [-0.15, -0.1) is 23.1 Å². The molecule has 2 aromatic heterocycles. The van der Waals surface area contributed by atoms with E-state index in [9.17, 15) is 0 Å². The van der Waals surface area contributed by atoms with Crippen molar-refractivity contribution < 1.29 is 0 Å². The van der Waals surface area contributed by atoms with Crippen LogP contribution in [-0.4, -0.2) is 10.2 Å². The number of H-pyrrole nitrogens is 1. The van der Waals surface area contributed by atoms with E-state index < -0.39 is 0 Å². The van der Waals surface area contributed by atoms with Crippen molar-refractivity contribution in [2.45, 2.75) is 67.4 Å². The molecule has 4 aliphatic rings. The van der Waals surface area contributed by atoms with Gasteiger partial charge in [-0.25, -0.2) is 0 Å². The maximum Gasteiger partial charge on any atom is 0.0465 e. The van der Waals surface area contributed by atoms with Crippen LogP contribution in [0.1, 0.15) is 65.0 Å². The lowest BCUT2D eigenvalue weighted by atomic mass is 9.82. The van der Waals surface area contributed by atoms with Crippen LogP contribution in [-0.2, 0) is 25.7 Å². The van der Waals surface area contributed by atoms with E-state index in [1.165, 1.54) is 148 Å². The van der Waals surface area contributed by atoms with Crippen molar-refractivity contribution in [1.82, 2.24) is 4.98 Å². The molecule has 1 nitrogen and oxygen atoms in total. The highest BCUT2D eigenvalue weighted by Gasteiger charge is 2.37. The van der Waals surface area contributed by atoms with Gasteiger partial charge in [-0.3, -0.25) is 0 Å². The molecule has 1 aliphatic heterocycles. The third kappa shape index (κ3) is 5.44. The monoisotopic (exact) mass is 793 g/mol. The van der Waals surface area contributed by atoms with Gasteiger partial charge >= 0.3 is 0 Å². The normalized spacial score (nSPS) is 18.3. The molecule has 0 spiro atoms. The molecule has 0 fully saturated rings. The topological polar surface area (TPSA) is 15.8 Å². The third-order valence-electron chi connectivity index (χ3n) is 14.0. The smallest absolute Gasteiger partial charge is 0.0465 e. The second-order valence-corrected chi connectivity index (χ2v) is 19.5. The fourth-order valence-corrected chi connectivity index (χ4v) is 14.0. The number of aromatic nitrogens is 1. The number of thiophene rings is 1. The van der Waals surface area contributed by atoms with Crippen molar-refractivity contribution in [1.29, 1.82) is 0 Å². The molecule has 0 radical (unpaired) electrons. The summed E-state index contributed by atoms with van der Waals surface area (Å²) in [5, 5.41) is 5.66. The molecule has 9 aromatic rings. The Hall–Kier alpha value is -5.61. The predicted molar refractivity (Wildman–Crippen MR) is 254 cm³/mol. The first-order valence-electron chi connectivity index (χ1n) is 21.6. The molecule has 3 aliphatic carbocycles. The molecule has 0 bridgehead atoms. The Kier molecular flexibility index (Phi) is 7.82. The summed E-state index contributed by atoms with van der Waals surface area (Å²) < 4.78 is 2.75. The molecule has 59 heavy (non-hydrogen) atoms. The zero-order valence-corrected chi connectivity index (χ0v) is 34.6. The van der Waals surface area contributed by atoms with Gasteiger partial charge in [0, 0.05) is 58.0 Å². The number of allylic oxidation sites excluding steroid dienone is 3. The lowest BCUT2D eigenvalue weighted by molar-refractivity contribution is 0.685. The fraction of sp³-hybridized carbons (Fsp3) is 0.179. The lowest BCUT2D eigenvalue weighted by Gasteiger charge is -2.25. The molecule has 0 saturated heterocycles. The highest BCUT2D eigenvalue weighted by atomic mass is 32.2. The van der Waals surface area contributed by atoms with Crippen molar-refractivity contribution in [2.75, 3.05) is 0 Å². The number of benzene rings is 7. The molecular formula is C56H43NS2. The number of aromatic amines is 1. The summed E-state index contributed by atoms with van der Waals surface area (Å²) >= 11 is 4.03. The summed E-state index contributed by atoms with van der Waals surface area (Å²) in [6.45, 7) is 0.